The van der Waals surface area contributed by atoms with Crippen molar-refractivity contribution in [1.82, 2.24) is 0 Å². The highest BCUT2D eigenvalue weighted by Gasteiger charge is 2.27. The first-order chi connectivity index (χ1) is 11.2. The first kappa shape index (κ1) is 17.8. The van der Waals surface area contributed by atoms with Gasteiger partial charge in [-0.15, -0.1) is 0 Å². The first-order valence-corrected chi connectivity index (χ1v) is 8.88. The van der Waals surface area contributed by atoms with E-state index in [1.807, 2.05) is 19.1 Å². The molecule has 23 heavy (non-hydrogen) atoms. The molecule has 0 saturated carbocycles. The summed E-state index contributed by atoms with van der Waals surface area (Å²) in [6.45, 7) is 8.57. The molecule has 0 amide bonds. The maximum atomic E-state index is 11.7. The molecule has 1 aromatic rings. The predicted octanol–water partition coefficient (Wildman–Crippen LogP) is 2.01. The van der Waals surface area contributed by atoms with Crippen LogP contribution in [0.3, 0.4) is 0 Å². The number of quaternary nitrogens is 1. The van der Waals surface area contributed by atoms with Gasteiger partial charge in [-0.05, 0) is 38.8 Å². The van der Waals surface area contributed by atoms with Crippen LogP contribution in [0.2, 0.25) is 0 Å². The van der Waals surface area contributed by atoms with E-state index in [4.69, 9.17) is 9.47 Å². The van der Waals surface area contributed by atoms with Crippen LogP contribution in [0.1, 0.15) is 38.2 Å². The fourth-order valence-electron chi connectivity index (χ4n) is 3.07. The molecular weight excluding hydrogens is 290 g/mol. The summed E-state index contributed by atoms with van der Waals surface area (Å²) in [6.07, 6.45) is 4.19. The Morgan fingerprint density at radius 1 is 1.17 bits per heavy atom. The number of carbonyl (C=O) groups excluding carboxylic acids is 1. The van der Waals surface area contributed by atoms with Crippen LogP contribution in [-0.4, -0.2) is 38.8 Å². The van der Waals surface area contributed by atoms with Gasteiger partial charge in [0.2, 0.25) is 0 Å². The van der Waals surface area contributed by atoms with Gasteiger partial charge in [0.25, 0.3) is 0 Å². The van der Waals surface area contributed by atoms with Crippen LogP contribution >= 0.6 is 0 Å². The molecule has 1 aromatic carbocycles. The smallest absolute Gasteiger partial charge is 0.309 e. The number of piperidine rings is 1. The van der Waals surface area contributed by atoms with Gasteiger partial charge in [-0.1, -0.05) is 17.7 Å². The standard InChI is InChI=1S/C19H29NO3/c1-3-22-19(21)17-10-13-20(14-11-17)12-4-5-15-23-18-8-6-16(2)7-9-18/h6-9,17H,3-5,10-15H2,1-2H3/p+1. The largest absolute Gasteiger partial charge is 0.494 e. The number of hydrogen-bond donors (Lipinski definition) is 1. The molecule has 0 radical (unpaired) electrons. The Hall–Kier alpha value is -1.55. The molecule has 0 bridgehead atoms. The maximum absolute atomic E-state index is 11.7. The second-order valence-corrected chi connectivity index (χ2v) is 6.39. The predicted molar refractivity (Wildman–Crippen MR) is 90.8 cm³/mol. The summed E-state index contributed by atoms with van der Waals surface area (Å²) in [4.78, 5) is 13.3. The summed E-state index contributed by atoms with van der Waals surface area (Å²) in [5, 5.41) is 0. The number of ether oxygens (including phenoxy) is 2. The SMILES string of the molecule is CCOC(=O)C1CC[NH+](CCCCOc2ccc(C)cc2)CC1. The molecule has 1 fully saturated rings. The quantitative estimate of drug-likeness (QED) is 0.588. The summed E-state index contributed by atoms with van der Waals surface area (Å²) < 4.78 is 10.9. The second kappa shape index (κ2) is 9.56. The number of nitrogens with one attached hydrogen (secondary N) is 1. The topological polar surface area (TPSA) is 40.0 Å². The lowest BCUT2D eigenvalue weighted by molar-refractivity contribution is -0.906. The third kappa shape index (κ3) is 6.22. The summed E-state index contributed by atoms with van der Waals surface area (Å²) >= 11 is 0. The fourth-order valence-corrected chi connectivity index (χ4v) is 3.07. The van der Waals surface area contributed by atoms with Crippen LogP contribution in [0.5, 0.6) is 5.75 Å². The van der Waals surface area contributed by atoms with Crippen LogP contribution in [0.15, 0.2) is 24.3 Å². The van der Waals surface area contributed by atoms with Crippen molar-refractivity contribution in [1.29, 1.82) is 0 Å². The maximum Gasteiger partial charge on any atom is 0.309 e. The Morgan fingerprint density at radius 2 is 1.87 bits per heavy atom. The summed E-state index contributed by atoms with van der Waals surface area (Å²) in [6, 6.07) is 8.21. The molecule has 1 N–H and O–H groups in total. The van der Waals surface area contributed by atoms with E-state index in [2.05, 4.69) is 19.1 Å². The molecule has 0 aromatic heterocycles. The van der Waals surface area contributed by atoms with Crippen molar-refractivity contribution in [3.05, 3.63) is 29.8 Å². The number of hydrogen-bond acceptors (Lipinski definition) is 3. The number of esters is 1. The molecule has 2 rings (SSSR count). The first-order valence-electron chi connectivity index (χ1n) is 8.88. The van der Waals surface area contributed by atoms with Crippen molar-refractivity contribution >= 4 is 5.97 Å². The molecule has 0 spiro atoms. The van der Waals surface area contributed by atoms with E-state index in [-0.39, 0.29) is 11.9 Å². The van der Waals surface area contributed by atoms with Crippen molar-refractivity contribution in [3.8, 4) is 5.75 Å². The molecular formula is C19H30NO3+. The number of carbonyl (C=O) groups is 1. The Kier molecular flexibility index (Phi) is 7.40. The number of rotatable bonds is 8. The van der Waals surface area contributed by atoms with Gasteiger partial charge in [-0.2, -0.15) is 0 Å². The summed E-state index contributed by atoms with van der Waals surface area (Å²) in [7, 11) is 0. The van der Waals surface area contributed by atoms with Crippen molar-refractivity contribution in [2.75, 3.05) is 32.8 Å². The van der Waals surface area contributed by atoms with Crippen molar-refractivity contribution in [2.24, 2.45) is 5.92 Å². The van der Waals surface area contributed by atoms with Gasteiger partial charge in [0.15, 0.2) is 0 Å². The zero-order chi connectivity index (χ0) is 16.5. The van der Waals surface area contributed by atoms with Gasteiger partial charge in [0.05, 0.1) is 38.8 Å². The van der Waals surface area contributed by atoms with E-state index in [9.17, 15) is 4.79 Å². The Labute approximate surface area is 139 Å². The highest BCUT2D eigenvalue weighted by molar-refractivity contribution is 5.72. The van der Waals surface area contributed by atoms with Crippen LogP contribution in [-0.2, 0) is 9.53 Å². The molecule has 0 aliphatic carbocycles. The number of likely N-dealkylation sites (tertiary alicyclic amines) is 1. The van der Waals surface area contributed by atoms with Gasteiger partial charge < -0.3 is 14.4 Å². The summed E-state index contributed by atoms with van der Waals surface area (Å²) in [5.74, 6) is 1.08. The number of aryl methyl sites for hydroxylation is 1. The van der Waals surface area contributed by atoms with Gasteiger partial charge in [-0.3, -0.25) is 4.79 Å². The number of benzene rings is 1. The monoisotopic (exact) mass is 320 g/mol. The lowest BCUT2D eigenvalue weighted by atomic mass is 9.97. The van der Waals surface area contributed by atoms with E-state index < -0.39 is 0 Å². The Bertz CT molecular complexity index is 464. The molecule has 1 saturated heterocycles. The molecule has 0 atom stereocenters. The normalized spacial score (nSPS) is 21.0. The van der Waals surface area contributed by atoms with E-state index in [0.717, 1.165) is 44.7 Å². The Morgan fingerprint density at radius 3 is 2.52 bits per heavy atom. The van der Waals surface area contributed by atoms with Crippen LogP contribution < -0.4 is 9.64 Å². The minimum absolute atomic E-state index is 0.00181. The van der Waals surface area contributed by atoms with E-state index in [0.29, 0.717) is 6.61 Å². The molecule has 1 heterocycles. The van der Waals surface area contributed by atoms with Crippen LogP contribution in [0, 0.1) is 12.8 Å². The highest BCUT2D eigenvalue weighted by atomic mass is 16.5. The van der Waals surface area contributed by atoms with Gasteiger partial charge in [0, 0.05) is 12.8 Å². The third-order valence-corrected chi connectivity index (χ3v) is 4.53. The Balaban J connectivity index is 1.54. The number of unbranched alkanes of at least 4 members (excludes halogenated alkanes) is 1. The zero-order valence-corrected chi connectivity index (χ0v) is 14.5. The highest BCUT2D eigenvalue weighted by Crippen LogP contribution is 2.12. The van der Waals surface area contributed by atoms with Crippen LogP contribution in [0.25, 0.3) is 0 Å². The average Bonchev–Trinajstić information content (AvgIpc) is 2.57. The minimum Gasteiger partial charge on any atom is -0.494 e. The van der Waals surface area contributed by atoms with Crippen molar-refractivity contribution < 1.29 is 19.2 Å². The average molecular weight is 320 g/mol. The van der Waals surface area contributed by atoms with Crippen molar-refractivity contribution in [3.63, 3.8) is 0 Å². The summed E-state index contributed by atoms with van der Waals surface area (Å²) in [5.41, 5.74) is 1.26. The van der Waals surface area contributed by atoms with Crippen molar-refractivity contribution in [2.45, 2.75) is 39.5 Å². The second-order valence-electron chi connectivity index (χ2n) is 6.39. The van der Waals surface area contributed by atoms with Gasteiger partial charge in [-0.25, -0.2) is 0 Å². The lowest BCUT2D eigenvalue weighted by Gasteiger charge is -2.28. The van der Waals surface area contributed by atoms with E-state index in [1.165, 1.54) is 18.5 Å². The van der Waals surface area contributed by atoms with E-state index in [1.54, 1.807) is 4.90 Å². The molecule has 128 valence electrons. The third-order valence-electron chi connectivity index (χ3n) is 4.53. The molecule has 1 aliphatic heterocycles. The molecule has 0 unspecified atom stereocenters. The lowest BCUT2D eigenvalue weighted by Crippen LogP contribution is -3.13. The minimum atomic E-state index is -0.00181. The fraction of sp³-hybridized carbons (Fsp3) is 0.632. The molecule has 1 aliphatic rings. The van der Waals surface area contributed by atoms with Gasteiger partial charge in [0.1, 0.15) is 5.75 Å². The molecule has 4 nitrogen and oxygen atoms in total. The molecule has 4 heteroatoms. The van der Waals surface area contributed by atoms with Crippen LogP contribution in [0.4, 0.5) is 0 Å². The zero-order valence-electron chi connectivity index (χ0n) is 14.5. The van der Waals surface area contributed by atoms with E-state index >= 15 is 0 Å². The van der Waals surface area contributed by atoms with Gasteiger partial charge >= 0.3 is 5.97 Å².